The fourth-order valence-electron chi connectivity index (χ4n) is 3.95. The molecule has 0 aliphatic heterocycles. The zero-order valence-electron chi connectivity index (χ0n) is 22.6. The minimum absolute atomic E-state index is 0. The number of hydrogen-bond donors (Lipinski definition) is 3. The molecule has 0 saturated heterocycles. The first kappa shape index (κ1) is 30.4. The molecule has 10 nitrogen and oxygen atoms in total. The Morgan fingerprint density at radius 2 is 1.09 bits per heavy atom. The van der Waals surface area contributed by atoms with Crippen molar-refractivity contribution in [3.05, 3.63) is 121 Å². The minimum Gasteiger partial charge on any atom is -0.505 e. The average molecular weight is 615 g/mol. The number of phenolic OH excluding ortho intramolecular Hbond substituents is 2. The number of carbonyl (C=O) groups is 1. The van der Waals surface area contributed by atoms with Gasteiger partial charge in [-0.05, 0) is 53.6 Å². The first-order chi connectivity index (χ1) is 20.4. The van der Waals surface area contributed by atoms with E-state index in [1.807, 2.05) is 67.6 Å². The Balaban J connectivity index is 0.000000193. The smallest absolute Gasteiger partial charge is 0.337 e. The molecular weight excluding hydrogens is 591 g/mol. The van der Waals surface area contributed by atoms with Crippen LogP contribution in [-0.4, -0.2) is 31.3 Å². The van der Waals surface area contributed by atoms with Crippen LogP contribution in [0.3, 0.4) is 0 Å². The molecule has 6 rings (SSSR count). The summed E-state index contributed by atoms with van der Waals surface area (Å²) in [5, 5.41) is 48.5. The number of aryl methyl sites for hydroxylation is 1. The van der Waals surface area contributed by atoms with E-state index in [9.17, 15) is 15.0 Å². The van der Waals surface area contributed by atoms with Gasteiger partial charge in [-0.15, -0.1) is 20.5 Å². The van der Waals surface area contributed by atoms with Crippen molar-refractivity contribution >= 4 is 50.5 Å². The van der Waals surface area contributed by atoms with Crippen LogP contribution in [0.25, 0.3) is 21.5 Å². The molecule has 0 saturated carbocycles. The van der Waals surface area contributed by atoms with Crippen molar-refractivity contribution < 1.29 is 36.6 Å². The minimum atomic E-state index is -1.05. The van der Waals surface area contributed by atoms with Crippen LogP contribution in [0, 0.1) is 6.92 Å². The van der Waals surface area contributed by atoms with Gasteiger partial charge >= 0.3 is 5.97 Å². The molecule has 3 N–H and O–H groups in total. The average Bonchev–Trinajstić information content (AvgIpc) is 3.02. The number of pyridine rings is 2. The quantitative estimate of drug-likeness (QED) is 0.130. The van der Waals surface area contributed by atoms with Gasteiger partial charge in [0, 0.05) is 39.7 Å². The number of hydrogen-bond acceptors (Lipinski definition) is 9. The van der Waals surface area contributed by atoms with Gasteiger partial charge in [0.05, 0.1) is 5.56 Å². The van der Waals surface area contributed by atoms with Crippen molar-refractivity contribution in [1.29, 1.82) is 0 Å². The number of benzene rings is 4. The van der Waals surface area contributed by atoms with Gasteiger partial charge in [0.25, 0.3) is 0 Å². The summed E-state index contributed by atoms with van der Waals surface area (Å²) in [6.07, 6.45) is 2.94. The third-order valence-corrected chi connectivity index (χ3v) is 6.17. The summed E-state index contributed by atoms with van der Waals surface area (Å²) in [5.74, 6) is -0.0909. The predicted molar refractivity (Wildman–Crippen MR) is 160 cm³/mol. The molecule has 0 aliphatic rings. The molecule has 4 aromatic carbocycles. The van der Waals surface area contributed by atoms with Crippen LogP contribution < -0.4 is 0 Å². The first-order valence-electron chi connectivity index (χ1n) is 12.8. The van der Waals surface area contributed by atoms with Gasteiger partial charge in [-0.1, -0.05) is 66.7 Å². The maximum Gasteiger partial charge on any atom is 0.337 e. The number of fused-ring (bicyclic) bond motifs is 2. The van der Waals surface area contributed by atoms with Gasteiger partial charge in [0.1, 0.15) is 11.4 Å². The molecule has 6 aromatic rings. The molecule has 0 amide bonds. The maximum absolute atomic E-state index is 10.7. The zero-order valence-corrected chi connectivity index (χ0v) is 23.6. The van der Waals surface area contributed by atoms with E-state index in [2.05, 4.69) is 30.4 Å². The molecular formula is C32H24N6NiO4. The van der Waals surface area contributed by atoms with E-state index >= 15 is 0 Å². The molecule has 216 valence electrons. The van der Waals surface area contributed by atoms with Gasteiger partial charge in [0.2, 0.25) is 0 Å². The van der Waals surface area contributed by atoms with E-state index in [0.717, 1.165) is 21.7 Å². The molecule has 0 radical (unpaired) electrons. The van der Waals surface area contributed by atoms with Crippen LogP contribution in [0.1, 0.15) is 15.9 Å². The molecule has 0 atom stereocenters. The summed E-state index contributed by atoms with van der Waals surface area (Å²) in [7, 11) is 0. The van der Waals surface area contributed by atoms with E-state index in [1.54, 1.807) is 30.5 Å². The molecule has 0 bridgehead atoms. The molecule has 0 fully saturated rings. The summed E-state index contributed by atoms with van der Waals surface area (Å²) in [6.45, 7) is 1.96. The van der Waals surface area contributed by atoms with Crippen molar-refractivity contribution in [3.63, 3.8) is 0 Å². The van der Waals surface area contributed by atoms with E-state index in [-0.39, 0.29) is 39.4 Å². The maximum atomic E-state index is 10.7. The first-order valence-corrected chi connectivity index (χ1v) is 12.8. The number of azo groups is 2. The summed E-state index contributed by atoms with van der Waals surface area (Å²) >= 11 is 0. The van der Waals surface area contributed by atoms with E-state index in [1.165, 1.54) is 18.3 Å². The van der Waals surface area contributed by atoms with Crippen molar-refractivity contribution in [1.82, 2.24) is 9.97 Å². The molecule has 0 aliphatic carbocycles. The number of carboxylic acids is 1. The van der Waals surface area contributed by atoms with Gasteiger partial charge in [0.15, 0.2) is 23.1 Å². The van der Waals surface area contributed by atoms with E-state index in [0.29, 0.717) is 22.6 Å². The van der Waals surface area contributed by atoms with Crippen LogP contribution in [0.4, 0.5) is 23.0 Å². The van der Waals surface area contributed by atoms with Gasteiger partial charge in [-0.2, -0.15) is 0 Å². The van der Waals surface area contributed by atoms with Crippen molar-refractivity contribution in [2.75, 3.05) is 0 Å². The molecule has 2 heterocycles. The Bertz CT molecular complexity index is 1950. The van der Waals surface area contributed by atoms with Crippen LogP contribution in [0.5, 0.6) is 11.5 Å². The Labute approximate surface area is 256 Å². The van der Waals surface area contributed by atoms with Gasteiger partial charge in [-0.3, -0.25) is 0 Å². The Kier molecular flexibility index (Phi) is 9.83. The molecule has 0 unspecified atom stereocenters. The predicted octanol–water partition coefficient (Wildman–Crippen LogP) is 8.72. The van der Waals surface area contributed by atoms with Crippen molar-refractivity contribution in [3.8, 4) is 11.5 Å². The van der Waals surface area contributed by atoms with Crippen molar-refractivity contribution in [2.45, 2.75) is 6.92 Å². The topological polar surface area (TPSA) is 153 Å². The Morgan fingerprint density at radius 3 is 1.53 bits per heavy atom. The second kappa shape index (κ2) is 13.9. The SMILES string of the molecule is Cc1ccc(N=Nc2ccc3ccccc3c2O)nc1.O=C(O)c1ccc(N=Nc2ccc3ccccc3c2O)nc1.[Ni]. The van der Waals surface area contributed by atoms with Crippen LogP contribution in [-0.2, 0) is 16.5 Å². The second-order valence-corrected chi connectivity index (χ2v) is 9.11. The van der Waals surface area contributed by atoms with Gasteiger partial charge < -0.3 is 15.3 Å². The Hall–Kier alpha value is -5.54. The largest absolute Gasteiger partial charge is 0.505 e. The van der Waals surface area contributed by atoms with E-state index in [4.69, 9.17) is 5.11 Å². The third kappa shape index (κ3) is 7.41. The molecule has 11 heteroatoms. The monoisotopic (exact) mass is 614 g/mol. The molecule has 0 spiro atoms. The van der Waals surface area contributed by atoms with Gasteiger partial charge in [-0.25, -0.2) is 14.8 Å². The summed E-state index contributed by atoms with van der Waals surface area (Å²) in [6, 6.07) is 28.7. The number of aromatic hydroxyl groups is 2. The number of nitrogens with zero attached hydrogens (tertiary/aromatic N) is 6. The number of carboxylic acid groups (broad SMARTS) is 1. The Morgan fingerprint density at radius 1 is 0.605 bits per heavy atom. The molecule has 2 aromatic heterocycles. The number of aromatic carboxylic acids is 1. The number of rotatable bonds is 5. The van der Waals surface area contributed by atoms with Crippen LogP contribution in [0.15, 0.2) is 130 Å². The third-order valence-electron chi connectivity index (χ3n) is 6.17. The summed E-state index contributed by atoms with van der Waals surface area (Å²) in [5.41, 5.74) is 1.90. The standard InChI is InChI=1S/C16H11N3O3.C16H13N3O.Ni/c20-15-12-4-2-1-3-10(12)5-7-13(15)18-19-14-8-6-11(9-17-14)16(21)22;1-11-6-9-15(17-10-11)19-18-14-8-7-12-4-2-3-5-13(12)16(14)20;/h1-9,20H,(H,21,22);2-10,20H,1H3;. The van der Waals surface area contributed by atoms with Crippen LogP contribution >= 0.6 is 0 Å². The fourth-order valence-corrected chi connectivity index (χ4v) is 3.95. The fraction of sp³-hybridized carbons (Fsp3) is 0.0312. The molecule has 43 heavy (non-hydrogen) atoms. The second-order valence-electron chi connectivity index (χ2n) is 9.11. The summed E-state index contributed by atoms with van der Waals surface area (Å²) in [4.78, 5) is 18.8. The number of phenols is 2. The number of aromatic nitrogens is 2. The summed E-state index contributed by atoms with van der Waals surface area (Å²) < 4.78 is 0. The van der Waals surface area contributed by atoms with E-state index < -0.39 is 5.97 Å². The zero-order chi connectivity index (χ0) is 29.5. The van der Waals surface area contributed by atoms with Crippen molar-refractivity contribution in [2.24, 2.45) is 20.5 Å². The normalized spacial score (nSPS) is 10.9. The van der Waals surface area contributed by atoms with Crippen LogP contribution in [0.2, 0.25) is 0 Å².